The standard InChI is InChI=1S/C25H28FN3OS/c1-29(22-11-3-2-4-12-22)16-19-8-5-6-13-23(19)28-24(30)15-21-17-31-25(27-21)18-9-7-10-20(26)14-18/h5-10,13-14,17,22H,2-4,11-12,15-16H2,1H3,(H,28,30). The predicted octanol–water partition coefficient (Wildman–Crippen LogP) is 5.89. The number of anilines is 1. The van der Waals surface area contributed by atoms with Crippen LogP contribution in [0.15, 0.2) is 53.9 Å². The van der Waals surface area contributed by atoms with E-state index in [0.717, 1.165) is 28.4 Å². The fourth-order valence-corrected chi connectivity index (χ4v) is 5.02. The monoisotopic (exact) mass is 437 g/mol. The molecule has 0 aliphatic heterocycles. The third-order valence-electron chi connectivity index (χ3n) is 5.87. The Hall–Kier alpha value is -2.57. The molecule has 1 fully saturated rings. The lowest BCUT2D eigenvalue weighted by Crippen LogP contribution is -2.33. The van der Waals surface area contributed by atoms with Crippen LogP contribution >= 0.6 is 11.3 Å². The van der Waals surface area contributed by atoms with Crippen molar-refractivity contribution in [2.75, 3.05) is 12.4 Å². The molecule has 1 aromatic heterocycles. The lowest BCUT2D eigenvalue weighted by molar-refractivity contribution is -0.115. The van der Waals surface area contributed by atoms with Crippen molar-refractivity contribution in [2.45, 2.75) is 51.1 Å². The summed E-state index contributed by atoms with van der Waals surface area (Å²) in [5.41, 5.74) is 3.41. The first-order valence-corrected chi connectivity index (χ1v) is 11.7. The molecule has 1 amide bonds. The minimum Gasteiger partial charge on any atom is -0.325 e. The first kappa shape index (κ1) is 21.7. The minimum atomic E-state index is -0.290. The highest BCUT2D eigenvalue weighted by Crippen LogP contribution is 2.26. The van der Waals surface area contributed by atoms with Crippen LogP contribution in [0.4, 0.5) is 10.1 Å². The molecular formula is C25H28FN3OS. The average Bonchev–Trinajstić information content (AvgIpc) is 3.24. The third kappa shape index (κ3) is 5.77. The van der Waals surface area contributed by atoms with Crippen LogP contribution in [0.25, 0.3) is 10.6 Å². The van der Waals surface area contributed by atoms with E-state index in [2.05, 4.69) is 28.3 Å². The van der Waals surface area contributed by atoms with E-state index in [1.165, 1.54) is 55.6 Å². The molecule has 1 aliphatic carbocycles. The molecule has 0 unspecified atom stereocenters. The van der Waals surface area contributed by atoms with Crippen molar-refractivity contribution in [1.29, 1.82) is 0 Å². The highest BCUT2D eigenvalue weighted by atomic mass is 32.1. The molecule has 1 saturated carbocycles. The molecule has 3 aromatic rings. The summed E-state index contributed by atoms with van der Waals surface area (Å²) >= 11 is 1.42. The molecule has 0 atom stereocenters. The van der Waals surface area contributed by atoms with Gasteiger partial charge in [-0.3, -0.25) is 9.69 Å². The number of thiazole rings is 1. The van der Waals surface area contributed by atoms with E-state index < -0.39 is 0 Å². The Bertz CT molecular complexity index is 1030. The Labute approximate surface area is 187 Å². The number of benzene rings is 2. The van der Waals surface area contributed by atoms with Gasteiger partial charge in [0, 0.05) is 29.2 Å². The molecule has 162 valence electrons. The van der Waals surface area contributed by atoms with Gasteiger partial charge in [-0.05, 0) is 43.7 Å². The molecule has 6 heteroatoms. The van der Waals surface area contributed by atoms with Crippen molar-refractivity contribution in [1.82, 2.24) is 9.88 Å². The molecule has 0 bridgehead atoms. The van der Waals surface area contributed by atoms with Gasteiger partial charge in [-0.25, -0.2) is 9.37 Å². The first-order valence-electron chi connectivity index (χ1n) is 10.9. The molecule has 1 aliphatic rings. The summed E-state index contributed by atoms with van der Waals surface area (Å²) in [5.74, 6) is -0.384. The van der Waals surface area contributed by atoms with Crippen LogP contribution in [0, 0.1) is 5.82 Å². The summed E-state index contributed by atoms with van der Waals surface area (Å²) in [7, 11) is 2.18. The number of para-hydroxylation sites is 1. The maximum Gasteiger partial charge on any atom is 0.230 e. The molecule has 2 aromatic carbocycles. The van der Waals surface area contributed by atoms with Crippen LogP contribution in [0.1, 0.15) is 43.4 Å². The minimum absolute atomic E-state index is 0.0936. The molecular weight excluding hydrogens is 409 g/mol. The number of hydrogen-bond donors (Lipinski definition) is 1. The summed E-state index contributed by atoms with van der Waals surface area (Å²) in [5, 5.41) is 5.65. The number of carbonyl (C=O) groups excluding carboxylic acids is 1. The Kier molecular flexibility index (Phi) is 7.10. The van der Waals surface area contributed by atoms with Gasteiger partial charge in [-0.2, -0.15) is 0 Å². The Morgan fingerprint density at radius 2 is 1.97 bits per heavy atom. The SMILES string of the molecule is CN(Cc1ccccc1NC(=O)Cc1csc(-c2cccc(F)c2)n1)C1CCCCC1. The van der Waals surface area contributed by atoms with Crippen LogP contribution < -0.4 is 5.32 Å². The van der Waals surface area contributed by atoms with E-state index in [4.69, 9.17) is 0 Å². The number of halogens is 1. The largest absolute Gasteiger partial charge is 0.325 e. The zero-order chi connectivity index (χ0) is 21.6. The third-order valence-corrected chi connectivity index (χ3v) is 6.81. The molecule has 0 saturated heterocycles. The van der Waals surface area contributed by atoms with Crippen LogP contribution in [-0.4, -0.2) is 28.9 Å². The van der Waals surface area contributed by atoms with Gasteiger partial charge >= 0.3 is 0 Å². The lowest BCUT2D eigenvalue weighted by Gasteiger charge is -2.31. The van der Waals surface area contributed by atoms with Gasteiger partial charge in [0.25, 0.3) is 0 Å². The summed E-state index contributed by atoms with van der Waals surface area (Å²) in [6.45, 7) is 0.821. The van der Waals surface area contributed by atoms with Gasteiger partial charge in [0.15, 0.2) is 0 Å². The Morgan fingerprint density at radius 1 is 1.16 bits per heavy atom. The molecule has 0 spiro atoms. The quantitative estimate of drug-likeness (QED) is 0.501. The maximum atomic E-state index is 13.5. The second-order valence-electron chi connectivity index (χ2n) is 8.24. The number of hydrogen-bond acceptors (Lipinski definition) is 4. The fourth-order valence-electron chi connectivity index (χ4n) is 4.20. The lowest BCUT2D eigenvalue weighted by atomic mass is 9.94. The van der Waals surface area contributed by atoms with Crippen LogP contribution in [0.5, 0.6) is 0 Å². The van der Waals surface area contributed by atoms with Gasteiger partial charge < -0.3 is 5.32 Å². The van der Waals surface area contributed by atoms with Crippen molar-refractivity contribution in [3.8, 4) is 10.6 Å². The summed E-state index contributed by atoms with van der Waals surface area (Å²) < 4.78 is 13.5. The zero-order valence-corrected chi connectivity index (χ0v) is 18.6. The van der Waals surface area contributed by atoms with E-state index in [0.29, 0.717) is 11.7 Å². The summed E-state index contributed by atoms with van der Waals surface area (Å²) in [6, 6.07) is 15.0. The fraction of sp³-hybridized carbons (Fsp3) is 0.360. The summed E-state index contributed by atoms with van der Waals surface area (Å²) in [4.78, 5) is 19.6. The van der Waals surface area contributed by atoms with Crippen LogP contribution in [-0.2, 0) is 17.8 Å². The number of rotatable bonds is 7. The second kappa shape index (κ2) is 10.2. The van der Waals surface area contributed by atoms with E-state index >= 15 is 0 Å². The maximum absolute atomic E-state index is 13.5. The van der Waals surface area contributed by atoms with Gasteiger partial charge in [0.1, 0.15) is 10.8 Å². The molecule has 4 nitrogen and oxygen atoms in total. The van der Waals surface area contributed by atoms with Crippen molar-refractivity contribution < 1.29 is 9.18 Å². The highest BCUT2D eigenvalue weighted by Gasteiger charge is 2.19. The topological polar surface area (TPSA) is 45.2 Å². The van der Waals surface area contributed by atoms with Crippen molar-refractivity contribution in [3.05, 3.63) is 71.0 Å². The van der Waals surface area contributed by atoms with Crippen molar-refractivity contribution >= 4 is 22.9 Å². The number of nitrogens with zero attached hydrogens (tertiary/aromatic N) is 2. The molecule has 1 N–H and O–H groups in total. The van der Waals surface area contributed by atoms with Gasteiger partial charge in [0.05, 0.1) is 12.1 Å². The number of nitrogens with one attached hydrogen (secondary N) is 1. The van der Waals surface area contributed by atoms with Crippen molar-refractivity contribution in [3.63, 3.8) is 0 Å². The van der Waals surface area contributed by atoms with Crippen molar-refractivity contribution in [2.24, 2.45) is 0 Å². The predicted molar refractivity (Wildman–Crippen MR) is 125 cm³/mol. The van der Waals surface area contributed by atoms with Gasteiger partial charge in [-0.1, -0.05) is 49.6 Å². The van der Waals surface area contributed by atoms with E-state index in [9.17, 15) is 9.18 Å². The summed E-state index contributed by atoms with van der Waals surface area (Å²) in [6.07, 6.45) is 6.65. The Morgan fingerprint density at radius 3 is 2.77 bits per heavy atom. The zero-order valence-electron chi connectivity index (χ0n) is 17.8. The van der Waals surface area contributed by atoms with Gasteiger partial charge in [0.2, 0.25) is 5.91 Å². The number of amides is 1. The normalized spacial score (nSPS) is 14.7. The average molecular weight is 438 g/mol. The van der Waals surface area contributed by atoms with E-state index in [1.807, 2.05) is 29.6 Å². The van der Waals surface area contributed by atoms with Gasteiger partial charge in [-0.15, -0.1) is 11.3 Å². The molecule has 1 heterocycles. The smallest absolute Gasteiger partial charge is 0.230 e. The van der Waals surface area contributed by atoms with Crippen LogP contribution in [0.2, 0.25) is 0 Å². The van der Waals surface area contributed by atoms with E-state index in [-0.39, 0.29) is 18.1 Å². The number of carbonyl (C=O) groups is 1. The first-order chi connectivity index (χ1) is 15.1. The van der Waals surface area contributed by atoms with Crippen LogP contribution in [0.3, 0.4) is 0 Å². The van der Waals surface area contributed by atoms with E-state index in [1.54, 1.807) is 6.07 Å². The molecule has 0 radical (unpaired) electrons. The second-order valence-corrected chi connectivity index (χ2v) is 9.10. The highest BCUT2D eigenvalue weighted by molar-refractivity contribution is 7.13. The molecule has 31 heavy (non-hydrogen) atoms. The molecule has 4 rings (SSSR count). The number of aromatic nitrogens is 1. The Balaban J connectivity index is 1.39.